The molecule has 92 valence electrons. The number of carbonyl (C=O) groups excluding carboxylic acids is 1. The highest BCUT2D eigenvalue weighted by atomic mass is 16.5. The molecular weight excluding hydrogens is 206 g/mol. The highest BCUT2D eigenvalue weighted by Crippen LogP contribution is 2.52. The zero-order valence-corrected chi connectivity index (χ0v) is 10.4. The van der Waals surface area contributed by atoms with Crippen molar-refractivity contribution in [3.63, 3.8) is 0 Å². The molecule has 2 rings (SSSR count). The largest absolute Gasteiger partial charge is 0.468 e. The summed E-state index contributed by atoms with van der Waals surface area (Å²) in [5.74, 6) is 0.361. The van der Waals surface area contributed by atoms with Crippen LogP contribution in [0.2, 0.25) is 0 Å². The van der Waals surface area contributed by atoms with Crippen LogP contribution in [0.3, 0.4) is 0 Å². The number of methoxy groups -OCH3 is 1. The summed E-state index contributed by atoms with van der Waals surface area (Å²) >= 11 is 0. The molecule has 16 heavy (non-hydrogen) atoms. The maximum atomic E-state index is 11.4. The van der Waals surface area contributed by atoms with Gasteiger partial charge in [0.05, 0.1) is 13.2 Å². The van der Waals surface area contributed by atoms with E-state index in [0.717, 1.165) is 13.0 Å². The van der Waals surface area contributed by atoms with Crippen molar-refractivity contribution in [1.29, 1.82) is 0 Å². The standard InChI is InChI=1S/C12H21NO3/c1-7(11(14)15-4)13-9-8-5-6-16-10(8)12(9,2)3/h7-10,13H,5-6H2,1-4H3/t7-,8?,9?,10?/m0/s1. The summed E-state index contributed by atoms with van der Waals surface area (Å²) in [5.41, 5.74) is 0.115. The molecule has 4 atom stereocenters. The maximum Gasteiger partial charge on any atom is 0.322 e. The Morgan fingerprint density at radius 3 is 2.88 bits per heavy atom. The van der Waals surface area contributed by atoms with Crippen molar-refractivity contribution in [3.05, 3.63) is 0 Å². The van der Waals surface area contributed by atoms with Gasteiger partial charge in [-0.15, -0.1) is 0 Å². The Labute approximate surface area is 96.7 Å². The predicted octanol–water partition coefficient (Wildman–Crippen LogP) is 0.951. The number of carbonyl (C=O) groups is 1. The van der Waals surface area contributed by atoms with Crippen LogP contribution in [0, 0.1) is 11.3 Å². The highest BCUT2D eigenvalue weighted by Gasteiger charge is 2.59. The van der Waals surface area contributed by atoms with Gasteiger partial charge in [-0.25, -0.2) is 0 Å². The Morgan fingerprint density at radius 1 is 1.56 bits per heavy atom. The summed E-state index contributed by atoms with van der Waals surface area (Å²) in [6, 6.07) is 0.116. The van der Waals surface area contributed by atoms with Crippen LogP contribution in [-0.4, -0.2) is 37.9 Å². The molecule has 1 saturated carbocycles. The van der Waals surface area contributed by atoms with Crippen molar-refractivity contribution in [2.75, 3.05) is 13.7 Å². The fourth-order valence-electron chi connectivity index (χ4n) is 3.18. The minimum Gasteiger partial charge on any atom is -0.468 e. The van der Waals surface area contributed by atoms with Crippen molar-refractivity contribution in [1.82, 2.24) is 5.32 Å². The summed E-state index contributed by atoms with van der Waals surface area (Å²) < 4.78 is 10.4. The maximum absolute atomic E-state index is 11.4. The molecule has 1 N–H and O–H groups in total. The molecule has 4 heteroatoms. The predicted molar refractivity (Wildman–Crippen MR) is 60.0 cm³/mol. The van der Waals surface area contributed by atoms with Gasteiger partial charge in [-0.2, -0.15) is 0 Å². The zero-order valence-electron chi connectivity index (χ0n) is 10.4. The van der Waals surface area contributed by atoms with Gasteiger partial charge in [-0.05, 0) is 13.3 Å². The molecule has 0 aromatic heterocycles. The lowest BCUT2D eigenvalue weighted by molar-refractivity contribution is -0.147. The molecule has 0 aromatic carbocycles. The lowest BCUT2D eigenvalue weighted by atomic mass is 9.57. The lowest BCUT2D eigenvalue weighted by Crippen LogP contribution is -2.67. The quantitative estimate of drug-likeness (QED) is 0.729. The molecule has 1 saturated heterocycles. The first-order valence-corrected chi connectivity index (χ1v) is 5.94. The average Bonchev–Trinajstić information content (AvgIpc) is 2.70. The van der Waals surface area contributed by atoms with Gasteiger partial charge < -0.3 is 14.8 Å². The van der Waals surface area contributed by atoms with Gasteiger partial charge in [0.25, 0.3) is 0 Å². The van der Waals surface area contributed by atoms with E-state index in [1.54, 1.807) is 0 Å². The second-order valence-corrected chi connectivity index (χ2v) is 5.45. The topological polar surface area (TPSA) is 47.6 Å². The molecule has 2 aliphatic rings. The number of nitrogens with one attached hydrogen (secondary N) is 1. The Balaban J connectivity index is 1.97. The van der Waals surface area contributed by atoms with Crippen LogP contribution >= 0.6 is 0 Å². The van der Waals surface area contributed by atoms with Crippen molar-refractivity contribution >= 4 is 5.97 Å². The number of esters is 1. The van der Waals surface area contributed by atoms with E-state index in [0.29, 0.717) is 18.1 Å². The van der Waals surface area contributed by atoms with Gasteiger partial charge in [0.2, 0.25) is 0 Å². The summed E-state index contributed by atoms with van der Waals surface area (Å²) in [4.78, 5) is 11.4. The fourth-order valence-corrected chi connectivity index (χ4v) is 3.18. The molecule has 1 heterocycles. The molecule has 0 aromatic rings. The molecule has 1 aliphatic heterocycles. The van der Waals surface area contributed by atoms with Crippen molar-refractivity contribution < 1.29 is 14.3 Å². The molecule has 2 fully saturated rings. The summed E-state index contributed by atoms with van der Waals surface area (Å²) in [5, 5.41) is 3.37. The number of ether oxygens (including phenoxy) is 2. The smallest absolute Gasteiger partial charge is 0.322 e. The monoisotopic (exact) mass is 227 g/mol. The number of hydrogen-bond donors (Lipinski definition) is 1. The summed E-state index contributed by atoms with van der Waals surface area (Å²) in [6.07, 6.45) is 1.45. The first kappa shape index (κ1) is 11.9. The van der Waals surface area contributed by atoms with E-state index in [2.05, 4.69) is 19.2 Å². The minimum absolute atomic E-state index is 0.115. The third kappa shape index (κ3) is 1.64. The van der Waals surface area contributed by atoms with Crippen molar-refractivity contribution in [3.8, 4) is 0 Å². The van der Waals surface area contributed by atoms with Crippen LogP contribution in [0.1, 0.15) is 27.2 Å². The van der Waals surface area contributed by atoms with Crippen LogP contribution in [0.5, 0.6) is 0 Å². The van der Waals surface area contributed by atoms with Crippen LogP contribution < -0.4 is 5.32 Å². The van der Waals surface area contributed by atoms with E-state index in [1.807, 2.05) is 6.92 Å². The van der Waals surface area contributed by atoms with Crippen LogP contribution in [0.4, 0.5) is 0 Å². The van der Waals surface area contributed by atoms with Crippen LogP contribution in [-0.2, 0) is 14.3 Å². The molecule has 0 radical (unpaired) electrons. The van der Waals surface area contributed by atoms with Crippen LogP contribution in [0.25, 0.3) is 0 Å². The molecule has 0 amide bonds. The zero-order chi connectivity index (χ0) is 11.9. The Bertz CT molecular complexity index is 290. The Morgan fingerprint density at radius 2 is 2.25 bits per heavy atom. The Hall–Kier alpha value is -0.610. The molecule has 3 unspecified atom stereocenters. The third-order valence-corrected chi connectivity index (χ3v) is 4.08. The lowest BCUT2D eigenvalue weighted by Gasteiger charge is -2.55. The van der Waals surface area contributed by atoms with Crippen molar-refractivity contribution in [2.45, 2.75) is 45.4 Å². The highest BCUT2D eigenvalue weighted by molar-refractivity contribution is 5.75. The normalized spacial score (nSPS) is 37.4. The van der Waals surface area contributed by atoms with Gasteiger partial charge in [-0.1, -0.05) is 13.8 Å². The number of hydrogen-bond acceptors (Lipinski definition) is 4. The summed E-state index contributed by atoms with van der Waals surface area (Å²) in [6.45, 7) is 7.09. The SMILES string of the molecule is COC(=O)[C@H](C)NC1C2CCOC2C1(C)C. The van der Waals surface area contributed by atoms with Gasteiger partial charge in [0.1, 0.15) is 6.04 Å². The number of fused-ring (bicyclic) bond motifs is 1. The van der Waals surface area contributed by atoms with Gasteiger partial charge in [0.15, 0.2) is 0 Å². The second-order valence-electron chi connectivity index (χ2n) is 5.45. The van der Waals surface area contributed by atoms with Crippen molar-refractivity contribution in [2.24, 2.45) is 11.3 Å². The molecule has 4 nitrogen and oxygen atoms in total. The summed E-state index contributed by atoms with van der Waals surface area (Å²) in [7, 11) is 1.42. The molecule has 1 aliphatic carbocycles. The molecule has 0 spiro atoms. The van der Waals surface area contributed by atoms with Gasteiger partial charge in [-0.3, -0.25) is 4.79 Å². The van der Waals surface area contributed by atoms with E-state index in [-0.39, 0.29) is 17.4 Å². The van der Waals surface area contributed by atoms with E-state index in [4.69, 9.17) is 9.47 Å². The van der Waals surface area contributed by atoms with E-state index >= 15 is 0 Å². The van der Waals surface area contributed by atoms with E-state index in [1.165, 1.54) is 7.11 Å². The average molecular weight is 227 g/mol. The molecular formula is C12H21NO3. The first-order valence-electron chi connectivity index (χ1n) is 5.94. The minimum atomic E-state index is -0.240. The molecule has 0 bridgehead atoms. The van der Waals surface area contributed by atoms with Gasteiger partial charge in [0, 0.05) is 24.0 Å². The van der Waals surface area contributed by atoms with Crippen LogP contribution in [0.15, 0.2) is 0 Å². The number of rotatable bonds is 3. The van der Waals surface area contributed by atoms with Gasteiger partial charge >= 0.3 is 5.97 Å². The first-order chi connectivity index (χ1) is 7.48. The second kappa shape index (κ2) is 4.00. The van der Waals surface area contributed by atoms with E-state index in [9.17, 15) is 4.79 Å². The fraction of sp³-hybridized carbons (Fsp3) is 0.917. The third-order valence-electron chi connectivity index (χ3n) is 4.08. The Kier molecular flexibility index (Phi) is 2.97. The van der Waals surface area contributed by atoms with E-state index < -0.39 is 0 Å².